The lowest BCUT2D eigenvalue weighted by molar-refractivity contribution is -0.136. The van der Waals surface area contributed by atoms with E-state index in [0.717, 1.165) is 0 Å². The molecule has 0 fully saturated rings. The highest BCUT2D eigenvalue weighted by atomic mass is 32.1. The van der Waals surface area contributed by atoms with E-state index in [1.807, 2.05) is 0 Å². The molecule has 0 unspecified atom stereocenters. The van der Waals surface area contributed by atoms with E-state index in [0.29, 0.717) is 10.8 Å². The number of hydrogen-bond donors (Lipinski definition) is 4. The summed E-state index contributed by atoms with van der Waals surface area (Å²) in [5, 5.41) is 18.2. The zero-order chi connectivity index (χ0) is 12.6. The van der Waals surface area contributed by atoms with E-state index in [-0.39, 0.29) is 4.32 Å². The first-order valence-electron chi connectivity index (χ1n) is 4.15. The fraction of sp³-hybridized carbons (Fsp3) is 0.111. The van der Waals surface area contributed by atoms with E-state index in [2.05, 4.69) is 24.8 Å². The summed E-state index contributed by atoms with van der Waals surface area (Å²) in [6.45, 7) is -0.413. The zero-order valence-electron chi connectivity index (χ0n) is 8.28. The minimum Gasteiger partial charge on any atom is -0.480 e. The van der Waals surface area contributed by atoms with Gasteiger partial charge in [-0.15, -0.1) is 12.6 Å². The van der Waals surface area contributed by atoms with Gasteiger partial charge in [0.05, 0.1) is 5.69 Å². The molecule has 4 N–H and O–H groups in total. The Bertz CT molecular complexity index is 342. The van der Waals surface area contributed by atoms with Crippen LogP contribution in [0.25, 0.3) is 0 Å². The molecule has 0 saturated heterocycles. The summed E-state index contributed by atoms with van der Waals surface area (Å²) in [5.41, 5.74) is 5.18. The SMILES string of the molecule is NC(=S)S.O=C(O)CN(O)c1ccccc1. The molecule has 0 atom stereocenters. The highest BCUT2D eigenvalue weighted by Crippen LogP contribution is 2.09. The van der Waals surface area contributed by atoms with E-state index in [4.69, 9.17) is 16.0 Å². The topological polar surface area (TPSA) is 86.8 Å². The minimum absolute atomic E-state index is 0.194. The fourth-order valence-corrected chi connectivity index (χ4v) is 0.819. The number of thiocarbonyl (C=S) groups is 1. The van der Waals surface area contributed by atoms with Crippen LogP contribution in [0.15, 0.2) is 30.3 Å². The molecule has 0 radical (unpaired) electrons. The van der Waals surface area contributed by atoms with Crippen LogP contribution < -0.4 is 10.8 Å². The zero-order valence-corrected chi connectivity index (χ0v) is 9.99. The highest BCUT2D eigenvalue weighted by molar-refractivity contribution is 8.10. The standard InChI is InChI=1S/C8H9NO3.CH3NS2/c10-8(11)6-9(12)7-4-2-1-3-5-7;2-1(3)4/h1-5,12H,6H2,(H,10,11);(H3,2,3,4). The van der Waals surface area contributed by atoms with Crippen LogP contribution in [0.5, 0.6) is 0 Å². The number of para-hydroxylation sites is 1. The molecule has 0 aliphatic carbocycles. The molecule has 0 aliphatic rings. The number of aliphatic carboxylic acids is 1. The number of thiol groups is 1. The van der Waals surface area contributed by atoms with Gasteiger partial charge in [-0.3, -0.25) is 10.0 Å². The lowest BCUT2D eigenvalue weighted by Crippen LogP contribution is -2.25. The summed E-state index contributed by atoms with van der Waals surface area (Å²) in [5.74, 6) is -1.07. The average Bonchev–Trinajstić information content (AvgIpc) is 2.17. The van der Waals surface area contributed by atoms with Gasteiger partial charge in [-0.25, -0.2) is 5.06 Å². The molecule has 0 amide bonds. The molecule has 0 aromatic heterocycles. The van der Waals surface area contributed by atoms with Crippen LogP contribution >= 0.6 is 24.8 Å². The summed E-state index contributed by atoms with van der Waals surface area (Å²) < 4.78 is 0.194. The number of carbonyl (C=O) groups is 1. The molecule has 0 saturated carbocycles. The van der Waals surface area contributed by atoms with E-state index < -0.39 is 12.5 Å². The van der Waals surface area contributed by atoms with E-state index >= 15 is 0 Å². The van der Waals surface area contributed by atoms with Crippen molar-refractivity contribution in [2.45, 2.75) is 0 Å². The van der Waals surface area contributed by atoms with Gasteiger partial charge < -0.3 is 10.8 Å². The number of nitrogens with two attached hydrogens (primary N) is 1. The van der Waals surface area contributed by atoms with Crippen LogP contribution in [0, 0.1) is 0 Å². The Morgan fingerprint density at radius 2 is 1.88 bits per heavy atom. The Kier molecular flexibility index (Phi) is 7.27. The molecule has 0 spiro atoms. The number of rotatable bonds is 3. The van der Waals surface area contributed by atoms with Crippen LogP contribution in [0.1, 0.15) is 0 Å². The van der Waals surface area contributed by atoms with Gasteiger partial charge in [0.15, 0.2) is 0 Å². The van der Waals surface area contributed by atoms with Crippen molar-refractivity contribution >= 4 is 40.8 Å². The first-order chi connectivity index (χ1) is 7.43. The van der Waals surface area contributed by atoms with Crippen LogP contribution in [0.2, 0.25) is 0 Å². The molecule has 7 heteroatoms. The highest BCUT2D eigenvalue weighted by Gasteiger charge is 2.05. The third kappa shape index (κ3) is 8.04. The number of anilines is 1. The molecule has 1 rings (SSSR count). The Hall–Kier alpha value is -1.31. The van der Waals surface area contributed by atoms with Gasteiger partial charge in [0.1, 0.15) is 10.9 Å². The van der Waals surface area contributed by atoms with E-state index in [1.54, 1.807) is 30.3 Å². The lowest BCUT2D eigenvalue weighted by atomic mass is 10.3. The van der Waals surface area contributed by atoms with E-state index in [9.17, 15) is 4.79 Å². The minimum atomic E-state index is -1.07. The van der Waals surface area contributed by atoms with Crippen molar-refractivity contribution in [3.05, 3.63) is 30.3 Å². The summed E-state index contributed by atoms with van der Waals surface area (Å²) >= 11 is 7.65. The molecule has 16 heavy (non-hydrogen) atoms. The fourth-order valence-electron chi connectivity index (χ4n) is 0.819. The van der Waals surface area contributed by atoms with Gasteiger partial charge in [0.25, 0.3) is 0 Å². The van der Waals surface area contributed by atoms with Crippen molar-refractivity contribution in [2.24, 2.45) is 5.73 Å². The number of nitrogens with zero attached hydrogens (tertiary/aromatic N) is 1. The maximum absolute atomic E-state index is 10.2. The van der Waals surface area contributed by atoms with Crippen LogP contribution in [0.3, 0.4) is 0 Å². The van der Waals surface area contributed by atoms with Gasteiger partial charge in [0, 0.05) is 0 Å². The van der Waals surface area contributed by atoms with Crippen molar-refractivity contribution < 1.29 is 15.1 Å². The predicted octanol–water partition coefficient (Wildman–Crippen LogP) is 1.13. The molecule has 0 bridgehead atoms. The third-order valence-electron chi connectivity index (χ3n) is 1.34. The number of hydroxylamine groups is 1. The third-order valence-corrected chi connectivity index (χ3v) is 1.34. The molecule has 0 aliphatic heterocycles. The molecule has 88 valence electrons. The smallest absolute Gasteiger partial charge is 0.325 e. The normalized spacial score (nSPS) is 8.62. The van der Waals surface area contributed by atoms with Gasteiger partial charge in [-0.05, 0) is 12.1 Å². The summed E-state index contributed by atoms with van der Waals surface area (Å²) in [6.07, 6.45) is 0. The first-order valence-corrected chi connectivity index (χ1v) is 5.00. The maximum Gasteiger partial charge on any atom is 0.325 e. The van der Waals surface area contributed by atoms with Gasteiger partial charge in [-0.1, -0.05) is 30.4 Å². The Balaban J connectivity index is 0.000000487. The van der Waals surface area contributed by atoms with Crippen molar-refractivity contribution in [3.8, 4) is 0 Å². The Morgan fingerprint density at radius 1 is 1.44 bits per heavy atom. The maximum atomic E-state index is 10.2. The number of carboxylic acid groups (broad SMARTS) is 1. The Labute approximate surface area is 104 Å². The second-order valence-electron chi connectivity index (χ2n) is 2.63. The first kappa shape index (κ1) is 14.7. The summed E-state index contributed by atoms with van der Waals surface area (Å²) in [4.78, 5) is 10.2. The van der Waals surface area contributed by atoms with Gasteiger partial charge in [0.2, 0.25) is 0 Å². The quantitative estimate of drug-likeness (QED) is 0.370. The molecule has 0 heterocycles. The number of carboxylic acids is 1. The second kappa shape index (κ2) is 7.91. The van der Waals surface area contributed by atoms with Gasteiger partial charge >= 0.3 is 5.97 Å². The lowest BCUT2D eigenvalue weighted by Gasteiger charge is -2.13. The van der Waals surface area contributed by atoms with Crippen molar-refractivity contribution in [1.82, 2.24) is 0 Å². The number of hydrogen-bond acceptors (Lipinski definition) is 4. The van der Waals surface area contributed by atoms with Gasteiger partial charge in [-0.2, -0.15) is 0 Å². The number of benzene rings is 1. The van der Waals surface area contributed by atoms with Crippen LogP contribution in [0.4, 0.5) is 5.69 Å². The monoisotopic (exact) mass is 260 g/mol. The summed E-state index contributed by atoms with van der Waals surface area (Å²) in [6, 6.07) is 8.49. The average molecular weight is 260 g/mol. The molecular weight excluding hydrogens is 248 g/mol. The van der Waals surface area contributed by atoms with Crippen molar-refractivity contribution in [1.29, 1.82) is 0 Å². The van der Waals surface area contributed by atoms with E-state index in [1.165, 1.54) is 0 Å². The second-order valence-corrected chi connectivity index (χ2v) is 3.85. The Morgan fingerprint density at radius 3 is 2.25 bits per heavy atom. The molecular formula is C9H12N2O3S2. The molecule has 1 aromatic carbocycles. The molecule has 1 aromatic rings. The van der Waals surface area contributed by atoms with Crippen molar-refractivity contribution in [3.63, 3.8) is 0 Å². The van der Waals surface area contributed by atoms with Crippen LogP contribution in [-0.2, 0) is 4.79 Å². The predicted molar refractivity (Wildman–Crippen MR) is 69.0 cm³/mol. The summed E-state index contributed by atoms with van der Waals surface area (Å²) in [7, 11) is 0. The molecule has 5 nitrogen and oxygen atoms in total. The largest absolute Gasteiger partial charge is 0.480 e. The van der Waals surface area contributed by atoms with Crippen LogP contribution in [-0.4, -0.2) is 27.1 Å². The van der Waals surface area contributed by atoms with Crippen molar-refractivity contribution in [2.75, 3.05) is 11.6 Å².